The van der Waals surface area contributed by atoms with E-state index >= 15 is 0 Å². The molecule has 1 unspecified atom stereocenters. The van der Waals surface area contributed by atoms with Gasteiger partial charge in [0.2, 0.25) is 5.91 Å². The van der Waals surface area contributed by atoms with Crippen molar-refractivity contribution in [3.63, 3.8) is 0 Å². The number of rotatable bonds is 6. The summed E-state index contributed by atoms with van der Waals surface area (Å²) in [6, 6.07) is 5.12. The first-order valence-electron chi connectivity index (χ1n) is 9.12. The Balaban J connectivity index is 2.12. The van der Waals surface area contributed by atoms with E-state index in [1.807, 2.05) is 0 Å². The first-order chi connectivity index (χ1) is 14.4. The van der Waals surface area contributed by atoms with Crippen molar-refractivity contribution in [3.8, 4) is 23.7 Å². The number of aliphatic hydroxyl groups is 1. The molecule has 9 heteroatoms. The summed E-state index contributed by atoms with van der Waals surface area (Å²) < 4.78 is 5.44. The van der Waals surface area contributed by atoms with Gasteiger partial charge in [0.05, 0.1) is 19.7 Å². The second-order valence-corrected chi connectivity index (χ2v) is 6.63. The van der Waals surface area contributed by atoms with Gasteiger partial charge >= 0.3 is 0 Å². The molecule has 1 aliphatic heterocycles. The van der Waals surface area contributed by atoms with Crippen molar-refractivity contribution in [2.75, 3.05) is 26.8 Å². The zero-order valence-electron chi connectivity index (χ0n) is 16.7. The topological polar surface area (TPSA) is 128 Å². The molecule has 1 heterocycles. The van der Waals surface area contributed by atoms with Crippen LogP contribution in [-0.4, -0.2) is 71.4 Å². The van der Waals surface area contributed by atoms with E-state index in [0.717, 1.165) is 0 Å². The highest BCUT2D eigenvalue weighted by atomic mass is 16.5. The number of methoxy groups -OCH3 is 1. The fraction of sp³-hybridized carbons (Fsp3) is 0.381. The van der Waals surface area contributed by atoms with Gasteiger partial charge in [-0.2, -0.15) is 0 Å². The Morgan fingerprint density at radius 3 is 2.43 bits per heavy atom. The highest BCUT2D eigenvalue weighted by Crippen LogP contribution is 2.29. The lowest BCUT2D eigenvalue weighted by Crippen LogP contribution is -2.75. The molecule has 1 aromatic rings. The van der Waals surface area contributed by atoms with Gasteiger partial charge in [-0.1, -0.05) is 11.8 Å². The number of amides is 3. The van der Waals surface area contributed by atoms with Crippen molar-refractivity contribution in [2.45, 2.75) is 25.0 Å². The molecule has 0 spiro atoms. The molecule has 0 aromatic heterocycles. The second kappa shape index (κ2) is 10.4. The van der Waals surface area contributed by atoms with Gasteiger partial charge < -0.3 is 20.1 Å². The van der Waals surface area contributed by atoms with E-state index in [4.69, 9.17) is 15.1 Å². The highest BCUT2D eigenvalue weighted by Gasteiger charge is 2.54. The summed E-state index contributed by atoms with van der Waals surface area (Å²) in [6.45, 7) is 1.57. The molecular weight excluding hydrogens is 390 g/mol. The third-order valence-corrected chi connectivity index (χ3v) is 4.68. The fourth-order valence-corrected chi connectivity index (χ4v) is 2.94. The zero-order valence-corrected chi connectivity index (χ0v) is 16.7. The Kier molecular flexibility index (Phi) is 7.96. The molecular formula is C21H23N3O6. The summed E-state index contributed by atoms with van der Waals surface area (Å²) in [5.41, 5.74) is 1.30. The van der Waals surface area contributed by atoms with Crippen LogP contribution in [0.25, 0.3) is 0 Å². The highest BCUT2D eigenvalue weighted by molar-refractivity contribution is 5.98. The van der Waals surface area contributed by atoms with E-state index in [9.17, 15) is 14.4 Å². The first kappa shape index (κ1) is 22.9. The molecule has 9 nitrogen and oxygen atoms in total. The minimum Gasteiger partial charge on any atom is -0.395 e. The van der Waals surface area contributed by atoms with Gasteiger partial charge in [-0.3, -0.25) is 19.6 Å². The molecule has 3 amide bonds. The number of hydrogen-bond acceptors (Lipinski definition) is 6. The number of nitrogens with one attached hydrogen (secondary N) is 2. The van der Waals surface area contributed by atoms with E-state index in [1.165, 1.54) is 36.5 Å². The summed E-state index contributed by atoms with van der Waals surface area (Å²) in [6.07, 6.45) is 0.351. The molecule has 30 heavy (non-hydrogen) atoms. The van der Waals surface area contributed by atoms with Crippen LogP contribution in [0.15, 0.2) is 24.3 Å². The summed E-state index contributed by atoms with van der Waals surface area (Å²) in [7, 11) is 1.37. The van der Waals surface area contributed by atoms with Crippen LogP contribution in [0, 0.1) is 23.7 Å². The minimum atomic E-state index is -1.21. The van der Waals surface area contributed by atoms with Gasteiger partial charge in [0.1, 0.15) is 11.6 Å². The minimum absolute atomic E-state index is 0.0229. The van der Waals surface area contributed by atoms with E-state index in [2.05, 4.69) is 29.0 Å². The van der Waals surface area contributed by atoms with Gasteiger partial charge in [0.15, 0.2) is 0 Å². The van der Waals surface area contributed by atoms with Crippen LogP contribution < -0.4 is 10.8 Å². The van der Waals surface area contributed by atoms with E-state index in [-0.39, 0.29) is 31.2 Å². The van der Waals surface area contributed by atoms with E-state index in [1.54, 1.807) is 12.1 Å². The van der Waals surface area contributed by atoms with Gasteiger partial charge in [-0.15, -0.1) is 0 Å². The number of likely N-dealkylation sites (tertiary alicyclic amines) is 1. The van der Waals surface area contributed by atoms with Crippen LogP contribution >= 0.6 is 0 Å². The molecule has 2 rings (SSSR count). The van der Waals surface area contributed by atoms with Crippen LogP contribution in [0.1, 0.15) is 29.3 Å². The quantitative estimate of drug-likeness (QED) is 0.277. The standard InChI is InChI=1S/C21H23N3O6/c1-15(26)24-13-21(14-24,30-2)18(20(28)23-29)22-19(27)17-10-8-16(9-11-17)7-5-3-4-6-12-25/h8-11,18,25,29H,6,12-14H2,1-2H3,(H,22,27)(H,23,28). The van der Waals surface area contributed by atoms with Crippen molar-refractivity contribution in [3.05, 3.63) is 35.4 Å². The molecule has 1 aliphatic rings. The lowest BCUT2D eigenvalue weighted by Gasteiger charge is -2.51. The van der Waals surface area contributed by atoms with Crippen molar-refractivity contribution in [1.29, 1.82) is 0 Å². The lowest BCUT2D eigenvalue weighted by atomic mass is 9.84. The Morgan fingerprint density at radius 2 is 1.90 bits per heavy atom. The van der Waals surface area contributed by atoms with Crippen molar-refractivity contribution in [2.24, 2.45) is 0 Å². The summed E-state index contributed by atoms with van der Waals surface area (Å²) >= 11 is 0. The Hall–Kier alpha value is -3.37. The molecule has 0 aliphatic carbocycles. The van der Waals surface area contributed by atoms with Crippen LogP contribution in [0.5, 0.6) is 0 Å². The number of hydroxylamine groups is 1. The number of benzene rings is 1. The molecule has 1 atom stereocenters. The Labute approximate surface area is 174 Å². The molecule has 0 radical (unpaired) electrons. The van der Waals surface area contributed by atoms with Crippen molar-refractivity contribution < 1.29 is 29.4 Å². The molecule has 1 fully saturated rings. The Bertz CT molecular complexity index is 914. The third kappa shape index (κ3) is 5.37. The third-order valence-electron chi connectivity index (χ3n) is 4.68. The average Bonchev–Trinajstić information content (AvgIpc) is 2.71. The SMILES string of the molecule is COC1(C(NC(=O)c2ccc(C#CC#CCCO)cc2)C(=O)NO)CN(C(C)=O)C1. The van der Waals surface area contributed by atoms with Crippen LogP contribution in [-0.2, 0) is 14.3 Å². The number of nitrogens with zero attached hydrogens (tertiary/aromatic N) is 1. The number of carbonyl (C=O) groups is 3. The number of ether oxygens (including phenoxy) is 1. The van der Waals surface area contributed by atoms with Crippen LogP contribution in [0.4, 0.5) is 0 Å². The lowest BCUT2D eigenvalue weighted by molar-refractivity contribution is -0.174. The number of aliphatic hydroxyl groups excluding tert-OH is 1. The van der Waals surface area contributed by atoms with Crippen LogP contribution in [0.3, 0.4) is 0 Å². The summed E-state index contributed by atoms with van der Waals surface area (Å²) in [4.78, 5) is 37.8. The predicted octanol–water partition coefficient (Wildman–Crippen LogP) is -0.725. The maximum absolute atomic E-state index is 12.6. The fourth-order valence-electron chi connectivity index (χ4n) is 2.94. The van der Waals surface area contributed by atoms with Gasteiger partial charge in [0.25, 0.3) is 11.8 Å². The summed E-state index contributed by atoms with van der Waals surface area (Å²) in [5.74, 6) is 9.15. The maximum Gasteiger partial charge on any atom is 0.269 e. The number of carbonyl (C=O) groups excluding carboxylic acids is 3. The Morgan fingerprint density at radius 1 is 1.23 bits per heavy atom. The molecule has 1 saturated heterocycles. The second-order valence-electron chi connectivity index (χ2n) is 6.63. The smallest absolute Gasteiger partial charge is 0.269 e. The van der Waals surface area contributed by atoms with Gasteiger partial charge in [-0.05, 0) is 36.1 Å². The maximum atomic E-state index is 12.6. The first-order valence-corrected chi connectivity index (χ1v) is 9.12. The van der Waals surface area contributed by atoms with Crippen molar-refractivity contribution in [1.82, 2.24) is 15.7 Å². The molecule has 158 valence electrons. The average molecular weight is 413 g/mol. The van der Waals surface area contributed by atoms with Gasteiger partial charge in [0, 0.05) is 31.6 Å². The monoisotopic (exact) mass is 413 g/mol. The van der Waals surface area contributed by atoms with Gasteiger partial charge in [-0.25, -0.2) is 5.48 Å². The predicted molar refractivity (Wildman–Crippen MR) is 106 cm³/mol. The zero-order chi connectivity index (χ0) is 22.1. The largest absolute Gasteiger partial charge is 0.395 e. The summed E-state index contributed by atoms with van der Waals surface area (Å²) in [5, 5.41) is 20.3. The molecule has 1 aromatic carbocycles. The number of hydrogen-bond donors (Lipinski definition) is 4. The van der Waals surface area contributed by atoms with Crippen molar-refractivity contribution >= 4 is 17.7 Å². The van der Waals surface area contributed by atoms with Crippen LogP contribution in [0.2, 0.25) is 0 Å². The molecule has 4 N–H and O–H groups in total. The van der Waals surface area contributed by atoms with E-state index < -0.39 is 23.5 Å². The molecule has 0 bridgehead atoms. The normalized spacial score (nSPS) is 14.7. The molecule has 0 saturated carbocycles. The van der Waals surface area contributed by atoms with E-state index in [0.29, 0.717) is 12.0 Å².